The van der Waals surface area contributed by atoms with Gasteiger partial charge in [-0.15, -0.1) is 0 Å². The fourth-order valence-corrected chi connectivity index (χ4v) is 2.02. The molecule has 0 spiro atoms. The average molecular weight is 344 g/mol. The third kappa shape index (κ3) is 6.14. The van der Waals surface area contributed by atoms with E-state index < -0.39 is 4.92 Å². The second-order valence-electron chi connectivity index (χ2n) is 5.63. The number of hydrogen-bond acceptors (Lipinski definition) is 5. The zero-order chi connectivity index (χ0) is 18.2. The van der Waals surface area contributed by atoms with Gasteiger partial charge in [0.05, 0.1) is 11.0 Å². The molecular formula is C18H20N2O5. The Morgan fingerprint density at radius 3 is 2.24 bits per heavy atom. The van der Waals surface area contributed by atoms with Gasteiger partial charge in [-0.3, -0.25) is 14.9 Å². The Balaban J connectivity index is 1.75. The van der Waals surface area contributed by atoms with Crippen molar-refractivity contribution in [1.82, 2.24) is 5.32 Å². The minimum absolute atomic E-state index is 0.0262. The molecule has 2 aromatic rings. The van der Waals surface area contributed by atoms with E-state index in [9.17, 15) is 14.9 Å². The first-order chi connectivity index (χ1) is 11.9. The second-order valence-corrected chi connectivity index (χ2v) is 5.63. The van der Waals surface area contributed by atoms with Gasteiger partial charge in [0.2, 0.25) is 0 Å². The van der Waals surface area contributed by atoms with E-state index in [1.807, 2.05) is 38.1 Å². The molecule has 0 radical (unpaired) electrons. The van der Waals surface area contributed by atoms with Gasteiger partial charge in [-0.2, -0.15) is 0 Å². The molecule has 0 atom stereocenters. The van der Waals surface area contributed by atoms with Gasteiger partial charge in [0.25, 0.3) is 11.6 Å². The van der Waals surface area contributed by atoms with Crippen LogP contribution in [0.25, 0.3) is 0 Å². The van der Waals surface area contributed by atoms with Crippen LogP contribution in [0.3, 0.4) is 0 Å². The van der Waals surface area contributed by atoms with Gasteiger partial charge >= 0.3 is 0 Å². The molecule has 132 valence electrons. The number of rotatable bonds is 8. The minimum Gasteiger partial charge on any atom is -0.491 e. The van der Waals surface area contributed by atoms with E-state index in [1.54, 1.807) is 0 Å². The van der Waals surface area contributed by atoms with Crippen molar-refractivity contribution in [2.75, 3.05) is 6.61 Å². The predicted octanol–water partition coefficient (Wildman–Crippen LogP) is 3.08. The van der Waals surface area contributed by atoms with Gasteiger partial charge in [-0.05, 0) is 43.7 Å². The summed E-state index contributed by atoms with van der Waals surface area (Å²) in [6.07, 6.45) is 0.113. The van der Waals surface area contributed by atoms with Crippen molar-refractivity contribution in [1.29, 1.82) is 0 Å². The third-order valence-electron chi connectivity index (χ3n) is 3.20. The normalized spacial score (nSPS) is 10.4. The molecule has 1 amide bonds. The molecule has 0 aliphatic heterocycles. The lowest BCUT2D eigenvalue weighted by Gasteiger charge is -2.11. The molecule has 0 saturated carbocycles. The summed E-state index contributed by atoms with van der Waals surface area (Å²) in [5.74, 6) is 0.906. The molecule has 7 heteroatoms. The highest BCUT2D eigenvalue weighted by Gasteiger charge is 2.07. The van der Waals surface area contributed by atoms with E-state index >= 15 is 0 Å². The Bertz CT molecular complexity index is 711. The van der Waals surface area contributed by atoms with Gasteiger partial charge in [0.1, 0.15) is 11.5 Å². The molecule has 0 heterocycles. The van der Waals surface area contributed by atoms with Gasteiger partial charge in [-0.25, -0.2) is 0 Å². The fourth-order valence-electron chi connectivity index (χ4n) is 2.02. The van der Waals surface area contributed by atoms with Gasteiger partial charge in [-0.1, -0.05) is 12.1 Å². The van der Waals surface area contributed by atoms with Crippen molar-refractivity contribution >= 4 is 11.6 Å². The highest BCUT2D eigenvalue weighted by molar-refractivity contribution is 5.77. The van der Waals surface area contributed by atoms with Crippen molar-refractivity contribution in [2.24, 2.45) is 0 Å². The van der Waals surface area contributed by atoms with Crippen LogP contribution in [0.1, 0.15) is 19.4 Å². The number of nitro groups is 1. The summed E-state index contributed by atoms with van der Waals surface area (Å²) >= 11 is 0. The first-order valence-corrected chi connectivity index (χ1v) is 7.83. The van der Waals surface area contributed by atoms with Crippen LogP contribution >= 0.6 is 0 Å². The Labute approximate surface area is 145 Å². The van der Waals surface area contributed by atoms with E-state index in [1.165, 1.54) is 24.3 Å². The van der Waals surface area contributed by atoms with Crippen LogP contribution in [0, 0.1) is 10.1 Å². The summed E-state index contributed by atoms with van der Waals surface area (Å²) in [6, 6.07) is 13.0. The van der Waals surface area contributed by atoms with Crippen molar-refractivity contribution in [3.8, 4) is 11.5 Å². The van der Waals surface area contributed by atoms with Crippen LogP contribution in [0.4, 0.5) is 5.69 Å². The standard InChI is InChI=1S/C18H20N2O5/c1-13(2)25-17-7-3-14(4-8-17)11-19-18(21)12-24-16-9-5-15(6-10-16)20(22)23/h3-10,13H,11-12H2,1-2H3,(H,19,21). The molecule has 2 rings (SSSR count). The number of ether oxygens (including phenoxy) is 2. The number of amides is 1. The van der Waals surface area contributed by atoms with Crippen LogP contribution in [-0.2, 0) is 11.3 Å². The van der Waals surface area contributed by atoms with Crippen LogP contribution < -0.4 is 14.8 Å². The number of hydrogen-bond donors (Lipinski definition) is 1. The first kappa shape index (κ1) is 18.3. The SMILES string of the molecule is CC(C)Oc1ccc(CNC(=O)COc2ccc([N+](=O)[O-])cc2)cc1. The van der Waals surface area contributed by atoms with E-state index in [-0.39, 0.29) is 24.3 Å². The van der Waals surface area contributed by atoms with Crippen LogP contribution in [0.5, 0.6) is 11.5 Å². The summed E-state index contributed by atoms with van der Waals surface area (Å²) < 4.78 is 10.9. The number of carbonyl (C=O) groups is 1. The smallest absolute Gasteiger partial charge is 0.269 e. The molecule has 1 N–H and O–H groups in total. The number of nitro benzene ring substituents is 1. The van der Waals surface area contributed by atoms with E-state index in [0.717, 1.165) is 11.3 Å². The zero-order valence-electron chi connectivity index (χ0n) is 14.1. The quantitative estimate of drug-likeness (QED) is 0.587. The van der Waals surface area contributed by atoms with Gasteiger partial charge < -0.3 is 14.8 Å². The van der Waals surface area contributed by atoms with Crippen LogP contribution in [0.15, 0.2) is 48.5 Å². The fraction of sp³-hybridized carbons (Fsp3) is 0.278. The monoisotopic (exact) mass is 344 g/mol. The Morgan fingerprint density at radius 1 is 1.08 bits per heavy atom. The Morgan fingerprint density at radius 2 is 1.68 bits per heavy atom. The highest BCUT2D eigenvalue weighted by atomic mass is 16.6. The molecular weight excluding hydrogens is 324 g/mol. The zero-order valence-corrected chi connectivity index (χ0v) is 14.1. The minimum atomic E-state index is -0.492. The number of nitrogens with zero attached hydrogens (tertiary/aromatic N) is 1. The average Bonchev–Trinajstić information content (AvgIpc) is 2.59. The molecule has 7 nitrogen and oxygen atoms in total. The van der Waals surface area contributed by atoms with Crippen molar-refractivity contribution in [3.05, 3.63) is 64.2 Å². The van der Waals surface area contributed by atoms with Crippen molar-refractivity contribution < 1.29 is 19.2 Å². The molecule has 2 aromatic carbocycles. The number of carbonyl (C=O) groups excluding carboxylic acids is 1. The molecule has 0 aromatic heterocycles. The summed E-state index contributed by atoms with van der Waals surface area (Å²) in [7, 11) is 0. The summed E-state index contributed by atoms with van der Waals surface area (Å²) in [6.45, 7) is 4.13. The van der Waals surface area contributed by atoms with Gasteiger partial charge in [0.15, 0.2) is 6.61 Å². The number of non-ortho nitro benzene ring substituents is 1. The highest BCUT2D eigenvalue weighted by Crippen LogP contribution is 2.17. The molecule has 0 aliphatic carbocycles. The van der Waals surface area contributed by atoms with E-state index in [2.05, 4.69) is 5.32 Å². The molecule has 0 unspecified atom stereocenters. The Hall–Kier alpha value is -3.09. The number of nitrogens with one attached hydrogen (secondary N) is 1. The Kier molecular flexibility index (Phi) is 6.33. The topological polar surface area (TPSA) is 90.7 Å². The lowest BCUT2D eigenvalue weighted by atomic mass is 10.2. The van der Waals surface area contributed by atoms with E-state index in [0.29, 0.717) is 12.3 Å². The lowest BCUT2D eigenvalue weighted by Crippen LogP contribution is -2.28. The molecule has 0 bridgehead atoms. The van der Waals surface area contributed by atoms with Crippen LogP contribution in [0.2, 0.25) is 0 Å². The maximum absolute atomic E-state index is 11.8. The summed E-state index contributed by atoms with van der Waals surface area (Å²) in [4.78, 5) is 21.9. The van der Waals surface area contributed by atoms with Crippen molar-refractivity contribution in [3.63, 3.8) is 0 Å². The third-order valence-corrected chi connectivity index (χ3v) is 3.20. The lowest BCUT2D eigenvalue weighted by molar-refractivity contribution is -0.384. The summed E-state index contributed by atoms with van der Waals surface area (Å²) in [5, 5.41) is 13.3. The first-order valence-electron chi connectivity index (χ1n) is 7.83. The number of benzene rings is 2. The summed E-state index contributed by atoms with van der Waals surface area (Å²) in [5.41, 5.74) is 0.918. The molecule has 0 fully saturated rings. The van der Waals surface area contributed by atoms with Gasteiger partial charge in [0, 0.05) is 18.7 Å². The molecule has 0 aliphatic rings. The maximum atomic E-state index is 11.8. The molecule has 25 heavy (non-hydrogen) atoms. The largest absolute Gasteiger partial charge is 0.491 e. The van der Waals surface area contributed by atoms with Crippen LogP contribution in [-0.4, -0.2) is 23.5 Å². The van der Waals surface area contributed by atoms with Crippen molar-refractivity contribution in [2.45, 2.75) is 26.5 Å². The molecule has 0 saturated heterocycles. The van der Waals surface area contributed by atoms with E-state index in [4.69, 9.17) is 9.47 Å². The predicted molar refractivity (Wildman–Crippen MR) is 92.6 cm³/mol. The maximum Gasteiger partial charge on any atom is 0.269 e. The second kappa shape index (κ2) is 8.68.